The van der Waals surface area contributed by atoms with Crippen LogP contribution in [-0.2, 0) is 9.53 Å². The second kappa shape index (κ2) is 12.7. The molecule has 0 radical (unpaired) electrons. The standard InChI is InChI=1S/C27H33F2N5O3/c1-2-11-30-27(36)33(13-12-32-14-16-37-17-15-32)19-26(35)34-25(20-7-9-21(28)10-8-20)18-24(31-34)22-5-3-4-6-23(22)29/h3-10,25H,2,11-19H2,1H3,(H,30,36)/t25-/m0/s1. The van der Waals surface area contributed by atoms with E-state index < -0.39 is 23.6 Å². The number of hydrazone groups is 1. The topological polar surface area (TPSA) is 77.5 Å². The van der Waals surface area contributed by atoms with Crippen LogP contribution in [0.4, 0.5) is 13.6 Å². The number of carbonyl (C=O) groups is 2. The first-order valence-corrected chi connectivity index (χ1v) is 12.7. The molecule has 198 valence electrons. The molecule has 10 heteroatoms. The number of carbonyl (C=O) groups excluding carboxylic acids is 2. The van der Waals surface area contributed by atoms with E-state index in [1.54, 1.807) is 30.3 Å². The van der Waals surface area contributed by atoms with Crippen molar-refractivity contribution in [3.8, 4) is 0 Å². The number of hydrogen-bond donors (Lipinski definition) is 1. The van der Waals surface area contributed by atoms with E-state index in [0.29, 0.717) is 49.7 Å². The van der Waals surface area contributed by atoms with Gasteiger partial charge in [0.15, 0.2) is 0 Å². The Bertz CT molecular complexity index is 1110. The lowest BCUT2D eigenvalue weighted by atomic mass is 9.98. The molecule has 0 aliphatic carbocycles. The summed E-state index contributed by atoms with van der Waals surface area (Å²) in [4.78, 5) is 30.2. The van der Waals surface area contributed by atoms with Gasteiger partial charge in [-0.25, -0.2) is 18.6 Å². The smallest absolute Gasteiger partial charge is 0.317 e. The third-order valence-corrected chi connectivity index (χ3v) is 6.53. The van der Waals surface area contributed by atoms with Gasteiger partial charge < -0.3 is 15.0 Å². The number of nitrogens with zero attached hydrogens (tertiary/aromatic N) is 4. The minimum Gasteiger partial charge on any atom is -0.379 e. The Kier molecular flexibility index (Phi) is 9.19. The zero-order chi connectivity index (χ0) is 26.2. The molecule has 0 bridgehead atoms. The van der Waals surface area contributed by atoms with Crippen molar-refractivity contribution in [3.05, 3.63) is 71.3 Å². The molecule has 0 unspecified atom stereocenters. The molecule has 0 spiro atoms. The van der Waals surface area contributed by atoms with Crippen LogP contribution in [0, 0.1) is 11.6 Å². The summed E-state index contributed by atoms with van der Waals surface area (Å²) in [6.45, 7) is 6.07. The van der Waals surface area contributed by atoms with Gasteiger partial charge in [0, 0.05) is 44.7 Å². The van der Waals surface area contributed by atoms with Crippen molar-refractivity contribution in [3.63, 3.8) is 0 Å². The fourth-order valence-corrected chi connectivity index (χ4v) is 4.46. The van der Waals surface area contributed by atoms with Gasteiger partial charge in [-0.2, -0.15) is 5.10 Å². The van der Waals surface area contributed by atoms with Crippen molar-refractivity contribution >= 4 is 17.6 Å². The summed E-state index contributed by atoms with van der Waals surface area (Å²) in [6, 6.07) is 11.3. The minimum atomic E-state index is -0.539. The first kappa shape index (κ1) is 26.7. The predicted molar refractivity (Wildman–Crippen MR) is 136 cm³/mol. The Morgan fingerprint density at radius 1 is 1.11 bits per heavy atom. The SMILES string of the molecule is CCCNC(=O)N(CCN1CCOCC1)CC(=O)N1N=C(c2ccccc2F)C[C@H]1c1ccc(F)cc1. The molecular formula is C27H33F2N5O3. The Labute approximate surface area is 215 Å². The van der Waals surface area contributed by atoms with Gasteiger partial charge in [-0.15, -0.1) is 0 Å². The van der Waals surface area contributed by atoms with E-state index in [2.05, 4.69) is 15.3 Å². The third kappa shape index (κ3) is 6.90. The minimum absolute atomic E-state index is 0.189. The molecule has 1 fully saturated rings. The Hall–Kier alpha value is -3.37. The fraction of sp³-hybridized carbons (Fsp3) is 0.444. The van der Waals surface area contributed by atoms with Gasteiger partial charge in [-0.1, -0.05) is 37.3 Å². The quantitative estimate of drug-likeness (QED) is 0.558. The van der Waals surface area contributed by atoms with E-state index in [-0.39, 0.29) is 19.0 Å². The summed E-state index contributed by atoms with van der Waals surface area (Å²) in [5.41, 5.74) is 1.42. The molecule has 0 aromatic heterocycles. The number of ether oxygens (including phenoxy) is 1. The monoisotopic (exact) mass is 513 g/mol. The van der Waals surface area contributed by atoms with Crippen molar-refractivity contribution in [2.75, 3.05) is 52.5 Å². The number of morpholine rings is 1. The summed E-state index contributed by atoms with van der Waals surface area (Å²) in [5.74, 6) is -1.22. The highest BCUT2D eigenvalue weighted by atomic mass is 19.1. The number of halogens is 2. The second-order valence-corrected chi connectivity index (χ2v) is 9.14. The molecule has 2 aromatic rings. The molecule has 37 heavy (non-hydrogen) atoms. The summed E-state index contributed by atoms with van der Waals surface area (Å²) >= 11 is 0. The Morgan fingerprint density at radius 3 is 2.54 bits per heavy atom. The normalized spacial score (nSPS) is 18.0. The molecule has 2 aliphatic rings. The maximum atomic E-state index is 14.6. The van der Waals surface area contributed by atoms with Gasteiger partial charge in [0.1, 0.15) is 18.2 Å². The van der Waals surface area contributed by atoms with E-state index >= 15 is 0 Å². The van der Waals surface area contributed by atoms with Gasteiger partial charge in [-0.05, 0) is 30.2 Å². The first-order valence-electron chi connectivity index (χ1n) is 12.7. The van der Waals surface area contributed by atoms with Crippen LogP contribution in [0.1, 0.15) is 36.9 Å². The zero-order valence-electron chi connectivity index (χ0n) is 21.0. The predicted octanol–water partition coefficient (Wildman–Crippen LogP) is 3.40. The van der Waals surface area contributed by atoms with E-state index in [0.717, 1.165) is 19.5 Å². The van der Waals surface area contributed by atoms with Gasteiger partial charge in [-0.3, -0.25) is 9.69 Å². The second-order valence-electron chi connectivity index (χ2n) is 9.14. The summed E-state index contributed by atoms with van der Waals surface area (Å²) in [5, 5.41) is 8.67. The van der Waals surface area contributed by atoms with Crippen LogP contribution in [0.5, 0.6) is 0 Å². The number of urea groups is 1. The molecule has 2 aromatic carbocycles. The Morgan fingerprint density at radius 2 is 1.84 bits per heavy atom. The number of amides is 3. The highest BCUT2D eigenvalue weighted by molar-refractivity contribution is 6.03. The van der Waals surface area contributed by atoms with Crippen LogP contribution in [0.2, 0.25) is 0 Å². The van der Waals surface area contributed by atoms with Crippen LogP contribution in [0.15, 0.2) is 53.6 Å². The van der Waals surface area contributed by atoms with Crippen molar-refractivity contribution in [1.29, 1.82) is 0 Å². The molecule has 0 saturated carbocycles. The lowest BCUT2D eigenvalue weighted by Crippen LogP contribution is -2.49. The van der Waals surface area contributed by atoms with Gasteiger partial charge >= 0.3 is 6.03 Å². The van der Waals surface area contributed by atoms with Gasteiger partial charge in [0.25, 0.3) is 5.91 Å². The molecule has 1 N–H and O–H groups in total. The zero-order valence-corrected chi connectivity index (χ0v) is 21.0. The lowest BCUT2D eigenvalue weighted by molar-refractivity contribution is -0.133. The van der Waals surface area contributed by atoms with Crippen LogP contribution in [0.3, 0.4) is 0 Å². The highest BCUT2D eigenvalue weighted by Crippen LogP contribution is 2.33. The molecule has 3 amide bonds. The first-order chi connectivity index (χ1) is 18.0. The van der Waals surface area contributed by atoms with Crippen molar-refractivity contribution in [1.82, 2.24) is 20.1 Å². The number of benzene rings is 2. The molecular weight excluding hydrogens is 480 g/mol. The summed E-state index contributed by atoms with van der Waals surface area (Å²) in [6.07, 6.45) is 1.04. The van der Waals surface area contributed by atoms with Crippen LogP contribution in [-0.4, -0.2) is 84.9 Å². The van der Waals surface area contributed by atoms with E-state index in [4.69, 9.17) is 4.74 Å². The van der Waals surface area contributed by atoms with E-state index in [1.165, 1.54) is 28.1 Å². The number of hydrogen-bond acceptors (Lipinski definition) is 5. The average Bonchev–Trinajstić information content (AvgIpc) is 3.36. The molecule has 2 heterocycles. The van der Waals surface area contributed by atoms with Crippen molar-refractivity contribution in [2.45, 2.75) is 25.8 Å². The average molecular weight is 514 g/mol. The van der Waals surface area contributed by atoms with Crippen molar-refractivity contribution in [2.24, 2.45) is 5.10 Å². The lowest BCUT2D eigenvalue weighted by Gasteiger charge is -2.31. The summed E-state index contributed by atoms with van der Waals surface area (Å²) in [7, 11) is 0. The molecule has 1 saturated heterocycles. The Balaban J connectivity index is 1.55. The summed E-state index contributed by atoms with van der Waals surface area (Å²) < 4.78 is 33.6. The molecule has 4 rings (SSSR count). The maximum Gasteiger partial charge on any atom is 0.317 e. The largest absolute Gasteiger partial charge is 0.379 e. The van der Waals surface area contributed by atoms with Crippen LogP contribution < -0.4 is 5.32 Å². The van der Waals surface area contributed by atoms with Gasteiger partial charge in [0.2, 0.25) is 0 Å². The fourth-order valence-electron chi connectivity index (χ4n) is 4.46. The molecule has 8 nitrogen and oxygen atoms in total. The molecule has 1 atom stereocenters. The van der Waals surface area contributed by atoms with Crippen LogP contribution in [0.25, 0.3) is 0 Å². The highest BCUT2D eigenvalue weighted by Gasteiger charge is 2.35. The van der Waals surface area contributed by atoms with Crippen LogP contribution >= 0.6 is 0 Å². The molecule has 2 aliphatic heterocycles. The number of nitrogens with one attached hydrogen (secondary N) is 1. The third-order valence-electron chi connectivity index (χ3n) is 6.53. The van der Waals surface area contributed by atoms with Crippen molar-refractivity contribution < 1.29 is 23.1 Å². The number of rotatable bonds is 9. The van der Waals surface area contributed by atoms with Gasteiger partial charge in [0.05, 0.1) is 25.0 Å². The van der Waals surface area contributed by atoms with E-state index in [9.17, 15) is 18.4 Å². The maximum absolute atomic E-state index is 14.6. The van der Waals surface area contributed by atoms with E-state index in [1.807, 2.05) is 6.92 Å².